The summed E-state index contributed by atoms with van der Waals surface area (Å²) < 4.78 is 5.36. The molecule has 1 aromatic rings. The van der Waals surface area contributed by atoms with E-state index < -0.39 is 0 Å². The molecule has 1 saturated carbocycles. The molecule has 1 fully saturated rings. The van der Waals surface area contributed by atoms with Crippen molar-refractivity contribution in [2.75, 3.05) is 6.54 Å². The zero-order valence-corrected chi connectivity index (χ0v) is 11.2. The number of furan rings is 1. The summed E-state index contributed by atoms with van der Waals surface area (Å²) in [5, 5.41) is 2.99. The Labute approximate surface area is 108 Å². The van der Waals surface area contributed by atoms with Crippen LogP contribution in [-0.2, 0) is 0 Å². The van der Waals surface area contributed by atoms with E-state index in [-0.39, 0.29) is 5.91 Å². The molecule has 100 valence electrons. The van der Waals surface area contributed by atoms with Gasteiger partial charge in [0.25, 0.3) is 5.91 Å². The third-order valence-electron chi connectivity index (χ3n) is 3.66. The molecule has 0 spiro atoms. The molecule has 2 unspecified atom stereocenters. The predicted molar refractivity (Wildman–Crippen MR) is 70.4 cm³/mol. The van der Waals surface area contributed by atoms with Gasteiger partial charge in [0.1, 0.15) is 11.5 Å². The average molecular weight is 250 g/mol. The van der Waals surface area contributed by atoms with E-state index in [1.165, 1.54) is 6.42 Å². The minimum absolute atomic E-state index is 0.0384. The summed E-state index contributed by atoms with van der Waals surface area (Å²) in [6, 6.07) is 2.09. The van der Waals surface area contributed by atoms with Gasteiger partial charge in [0.05, 0.1) is 5.56 Å². The standard InChI is InChI=1S/C14H22N2O2/c1-9-6-13(10(2)18-9)14(17)16-8-11-4-3-5-12(15)7-11/h6,11-12H,3-5,7-8,15H2,1-2H3,(H,16,17). The van der Waals surface area contributed by atoms with Gasteiger partial charge in [0.15, 0.2) is 0 Å². The monoisotopic (exact) mass is 250 g/mol. The van der Waals surface area contributed by atoms with Gasteiger partial charge < -0.3 is 15.5 Å². The summed E-state index contributed by atoms with van der Waals surface area (Å²) in [7, 11) is 0. The molecule has 0 aromatic carbocycles. The molecule has 0 saturated heterocycles. The van der Waals surface area contributed by atoms with Crippen LogP contribution >= 0.6 is 0 Å². The van der Waals surface area contributed by atoms with Crippen molar-refractivity contribution in [3.05, 3.63) is 23.2 Å². The maximum Gasteiger partial charge on any atom is 0.254 e. The van der Waals surface area contributed by atoms with Crippen LogP contribution in [0.15, 0.2) is 10.5 Å². The van der Waals surface area contributed by atoms with Crippen LogP contribution in [0.2, 0.25) is 0 Å². The van der Waals surface area contributed by atoms with Crippen LogP contribution in [0, 0.1) is 19.8 Å². The number of carbonyl (C=O) groups excluding carboxylic acids is 1. The van der Waals surface area contributed by atoms with Gasteiger partial charge in [0.2, 0.25) is 0 Å². The summed E-state index contributed by atoms with van der Waals surface area (Å²) in [5.41, 5.74) is 6.59. The van der Waals surface area contributed by atoms with Crippen LogP contribution in [0.4, 0.5) is 0 Å². The first kappa shape index (κ1) is 13.1. The predicted octanol–water partition coefficient (Wildman–Crippen LogP) is 2.14. The molecule has 0 aliphatic heterocycles. The van der Waals surface area contributed by atoms with E-state index in [0.717, 1.165) is 31.6 Å². The highest BCUT2D eigenvalue weighted by atomic mass is 16.3. The summed E-state index contributed by atoms with van der Waals surface area (Å²) in [6.07, 6.45) is 4.47. The molecular formula is C14H22N2O2. The van der Waals surface area contributed by atoms with Crippen LogP contribution in [-0.4, -0.2) is 18.5 Å². The van der Waals surface area contributed by atoms with Crippen molar-refractivity contribution in [1.82, 2.24) is 5.32 Å². The van der Waals surface area contributed by atoms with Gasteiger partial charge in [-0.3, -0.25) is 4.79 Å². The van der Waals surface area contributed by atoms with Gasteiger partial charge >= 0.3 is 0 Å². The number of hydrogen-bond acceptors (Lipinski definition) is 3. The molecule has 1 amide bonds. The lowest BCUT2D eigenvalue weighted by Crippen LogP contribution is -2.35. The fourth-order valence-corrected chi connectivity index (χ4v) is 2.71. The molecule has 18 heavy (non-hydrogen) atoms. The molecule has 1 aromatic heterocycles. The molecule has 1 aliphatic rings. The van der Waals surface area contributed by atoms with E-state index in [2.05, 4.69) is 5.32 Å². The molecule has 3 N–H and O–H groups in total. The van der Waals surface area contributed by atoms with Crippen LogP contribution in [0.25, 0.3) is 0 Å². The second kappa shape index (κ2) is 5.57. The second-order valence-electron chi connectivity index (χ2n) is 5.33. The van der Waals surface area contributed by atoms with E-state index in [4.69, 9.17) is 10.2 Å². The van der Waals surface area contributed by atoms with Gasteiger partial charge in [-0.25, -0.2) is 0 Å². The molecule has 0 bridgehead atoms. The van der Waals surface area contributed by atoms with E-state index in [0.29, 0.717) is 23.3 Å². The highest BCUT2D eigenvalue weighted by molar-refractivity contribution is 5.95. The Balaban J connectivity index is 1.86. The first-order valence-corrected chi connectivity index (χ1v) is 6.67. The second-order valence-corrected chi connectivity index (χ2v) is 5.33. The molecule has 2 atom stereocenters. The Morgan fingerprint density at radius 3 is 2.89 bits per heavy atom. The van der Waals surface area contributed by atoms with Crippen molar-refractivity contribution >= 4 is 5.91 Å². The number of carbonyl (C=O) groups is 1. The van der Waals surface area contributed by atoms with E-state index >= 15 is 0 Å². The smallest absolute Gasteiger partial charge is 0.254 e. The van der Waals surface area contributed by atoms with Crippen molar-refractivity contribution in [3.63, 3.8) is 0 Å². The first-order valence-electron chi connectivity index (χ1n) is 6.67. The SMILES string of the molecule is Cc1cc(C(=O)NCC2CCCC(N)C2)c(C)o1. The van der Waals surface area contributed by atoms with E-state index in [1.54, 1.807) is 6.07 Å². The van der Waals surface area contributed by atoms with Gasteiger partial charge in [0, 0.05) is 12.6 Å². The van der Waals surface area contributed by atoms with Gasteiger partial charge in [-0.05, 0) is 45.1 Å². The average Bonchev–Trinajstić information content (AvgIpc) is 2.66. The van der Waals surface area contributed by atoms with Crippen molar-refractivity contribution in [2.24, 2.45) is 11.7 Å². The molecule has 2 rings (SSSR count). The number of hydrogen-bond donors (Lipinski definition) is 2. The van der Waals surface area contributed by atoms with Crippen LogP contribution < -0.4 is 11.1 Å². The van der Waals surface area contributed by atoms with Crippen LogP contribution in [0.1, 0.15) is 47.6 Å². The Kier molecular flexibility index (Phi) is 4.07. The van der Waals surface area contributed by atoms with Gasteiger partial charge in [-0.1, -0.05) is 6.42 Å². The maximum atomic E-state index is 12.0. The summed E-state index contributed by atoms with van der Waals surface area (Å²) >= 11 is 0. The first-order chi connectivity index (χ1) is 8.56. The fourth-order valence-electron chi connectivity index (χ4n) is 2.71. The number of nitrogens with two attached hydrogens (primary N) is 1. The largest absolute Gasteiger partial charge is 0.466 e. The Hall–Kier alpha value is -1.29. The lowest BCUT2D eigenvalue weighted by atomic mass is 9.86. The van der Waals surface area contributed by atoms with Crippen LogP contribution in [0.5, 0.6) is 0 Å². The third kappa shape index (κ3) is 3.13. The number of nitrogens with one attached hydrogen (secondary N) is 1. The normalized spacial score (nSPS) is 23.9. The maximum absolute atomic E-state index is 12.0. The van der Waals surface area contributed by atoms with Crippen molar-refractivity contribution in [3.8, 4) is 0 Å². The number of amides is 1. The lowest BCUT2D eigenvalue weighted by molar-refractivity contribution is 0.0941. The van der Waals surface area contributed by atoms with Crippen molar-refractivity contribution in [1.29, 1.82) is 0 Å². The molecular weight excluding hydrogens is 228 g/mol. The minimum Gasteiger partial charge on any atom is -0.466 e. The fraction of sp³-hybridized carbons (Fsp3) is 0.643. The summed E-state index contributed by atoms with van der Waals surface area (Å²) in [4.78, 5) is 12.0. The highest BCUT2D eigenvalue weighted by Crippen LogP contribution is 2.22. The highest BCUT2D eigenvalue weighted by Gasteiger charge is 2.20. The molecule has 0 radical (unpaired) electrons. The van der Waals surface area contributed by atoms with Gasteiger partial charge in [-0.15, -0.1) is 0 Å². The minimum atomic E-state index is -0.0384. The van der Waals surface area contributed by atoms with Gasteiger partial charge in [-0.2, -0.15) is 0 Å². The zero-order chi connectivity index (χ0) is 13.1. The third-order valence-corrected chi connectivity index (χ3v) is 3.66. The number of aryl methyl sites for hydroxylation is 2. The molecule has 4 nitrogen and oxygen atoms in total. The molecule has 4 heteroatoms. The Bertz CT molecular complexity index is 425. The Morgan fingerprint density at radius 2 is 2.28 bits per heavy atom. The molecule has 1 aliphatic carbocycles. The van der Waals surface area contributed by atoms with E-state index in [1.807, 2.05) is 13.8 Å². The van der Waals surface area contributed by atoms with Crippen LogP contribution in [0.3, 0.4) is 0 Å². The summed E-state index contributed by atoms with van der Waals surface area (Å²) in [5.74, 6) is 1.94. The number of rotatable bonds is 3. The van der Waals surface area contributed by atoms with Crippen molar-refractivity contribution < 1.29 is 9.21 Å². The lowest BCUT2D eigenvalue weighted by Gasteiger charge is -2.26. The topological polar surface area (TPSA) is 68.3 Å². The zero-order valence-electron chi connectivity index (χ0n) is 11.2. The van der Waals surface area contributed by atoms with Crippen molar-refractivity contribution in [2.45, 2.75) is 45.6 Å². The quantitative estimate of drug-likeness (QED) is 0.863. The Morgan fingerprint density at radius 1 is 1.50 bits per heavy atom. The summed E-state index contributed by atoms with van der Waals surface area (Å²) in [6.45, 7) is 4.39. The molecule has 1 heterocycles. The van der Waals surface area contributed by atoms with E-state index in [9.17, 15) is 4.79 Å².